The molecule has 1 fully saturated rings. The summed E-state index contributed by atoms with van der Waals surface area (Å²) < 4.78 is 1.92. The first-order valence-electron chi connectivity index (χ1n) is 10.5. The summed E-state index contributed by atoms with van der Waals surface area (Å²) in [7, 11) is 0. The molecule has 6 nitrogen and oxygen atoms in total. The van der Waals surface area contributed by atoms with Crippen LogP contribution in [0.3, 0.4) is 0 Å². The van der Waals surface area contributed by atoms with Gasteiger partial charge >= 0.3 is 0 Å². The zero-order valence-corrected chi connectivity index (χ0v) is 17.1. The summed E-state index contributed by atoms with van der Waals surface area (Å²) in [6.45, 7) is 7.26. The molecule has 0 spiro atoms. The first-order valence-corrected chi connectivity index (χ1v) is 10.5. The number of carbonyl (C=O) groups excluding carboxylic acids is 1. The fourth-order valence-electron chi connectivity index (χ4n) is 4.75. The Hall–Kier alpha value is -2.89. The molecule has 1 atom stereocenters. The van der Waals surface area contributed by atoms with Crippen molar-refractivity contribution in [1.29, 1.82) is 0 Å². The fraction of sp³-hybridized carbons (Fsp3) is 0.435. The van der Waals surface area contributed by atoms with Crippen molar-refractivity contribution in [3.63, 3.8) is 0 Å². The van der Waals surface area contributed by atoms with Gasteiger partial charge < -0.3 is 9.80 Å². The third kappa shape index (κ3) is 3.37. The number of fused-ring (bicyclic) bond motifs is 2. The second-order valence-corrected chi connectivity index (χ2v) is 8.38. The van der Waals surface area contributed by atoms with Crippen molar-refractivity contribution in [3.05, 3.63) is 58.9 Å². The molecule has 1 unspecified atom stereocenters. The van der Waals surface area contributed by atoms with Crippen LogP contribution in [0.1, 0.15) is 35.4 Å². The highest BCUT2D eigenvalue weighted by Gasteiger charge is 2.32. The predicted octanol–water partition coefficient (Wildman–Crippen LogP) is 3.15. The number of hydrogen-bond acceptors (Lipinski definition) is 4. The lowest BCUT2D eigenvalue weighted by atomic mass is 9.94. The van der Waals surface area contributed by atoms with Crippen molar-refractivity contribution in [3.8, 4) is 0 Å². The third-order valence-corrected chi connectivity index (χ3v) is 6.20. The van der Waals surface area contributed by atoms with Gasteiger partial charge in [-0.1, -0.05) is 24.3 Å². The predicted molar refractivity (Wildman–Crippen MR) is 113 cm³/mol. The van der Waals surface area contributed by atoms with Gasteiger partial charge in [0.1, 0.15) is 5.82 Å². The molecule has 2 aliphatic rings. The van der Waals surface area contributed by atoms with Crippen LogP contribution >= 0.6 is 0 Å². The van der Waals surface area contributed by atoms with Crippen molar-refractivity contribution >= 4 is 17.4 Å². The average molecular weight is 390 g/mol. The van der Waals surface area contributed by atoms with Crippen LogP contribution in [-0.4, -0.2) is 45.0 Å². The quantitative estimate of drug-likeness (QED) is 0.676. The smallest absolute Gasteiger partial charge is 0.227 e. The summed E-state index contributed by atoms with van der Waals surface area (Å²) >= 11 is 0. The summed E-state index contributed by atoms with van der Waals surface area (Å²) in [5.41, 5.74) is 5.48. The van der Waals surface area contributed by atoms with E-state index in [-0.39, 0.29) is 5.92 Å². The van der Waals surface area contributed by atoms with Crippen LogP contribution in [0.4, 0.5) is 5.82 Å². The molecular formula is C23H27N5O. The van der Waals surface area contributed by atoms with Gasteiger partial charge in [0.15, 0.2) is 5.65 Å². The molecule has 6 heteroatoms. The maximum atomic E-state index is 13.3. The van der Waals surface area contributed by atoms with Crippen molar-refractivity contribution in [2.75, 3.05) is 24.5 Å². The van der Waals surface area contributed by atoms with E-state index < -0.39 is 0 Å². The van der Waals surface area contributed by atoms with Crippen LogP contribution in [0.25, 0.3) is 5.65 Å². The highest BCUT2D eigenvalue weighted by molar-refractivity contribution is 5.80. The van der Waals surface area contributed by atoms with Crippen LogP contribution in [0.5, 0.6) is 0 Å². The minimum Gasteiger partial charge on any atom is -0.356 e. The SMILES string of the molecule is Cc1cc(N2CCCC(C(=O)N3CCc4ccccc4C3)C2)n2nc(C)cc2n1. The first kappa shape index (κ1) is 18.2. The van der Waals surface area contributed by atoms with E-state index in [1.165, 1.54) is 11.1 Å². The van der Waals surface area contributed by atoms with E-state index in [1.807, 2.05) is 24.4 Å². The van der Waals surface area contributed by atoms with Gasteiger partial charge in [-0.15, -0.1) is 0 Å². The molecule has 150 valence electrons. The second-order valence-electron chi connectivity index (χ2n) is 8.38. The Labute approximate surface area is 171 Å². The van der Waals surface area contributed by atoms with E-state index in [0.29, 0.717) is 5.91 Å². The van der Waals surface area contributed by atoms with Gasteiger partial charge in [0.25, 0.3) is 0 Å². The van der Waals surface area contributed by atoms with Crippen LogP contribution in [0, 0.1) is 19.8 Å². The van der Waals surface area contributed by atoms with Gasteiger partial charge in [0.05, 0.1) is 11.6 Å². The summed E-state index contributed by atoms with van der Waals surface area (Å²) in [4.78, 5) is 22.3. The van der Waals surface area contributed by atoms with Crippen LogP contribution in [-0.2, 0) is 17.8 Å². The Bertz CT molecular complexity index is 1070. The molecule has 1 saturated heterocycles. The van der Waals surface area contributed by atoms with E-state index in [4.69, 9.17) is 0 Å². The largest absolute Gasteiger partial charge is 0.356 e. The van der Waals surface area contributed by atoms with Gasteiger partial charge in [-0.05, 0) is 44.2 Å². The minimum absolute atomic E-state index is 0.0363. The summed E-state index contributed by atoms with van der Waals surface area (Å²) in [5.74, 6) is 1.37. The molecule has 3 aromatic rings. The van der Waals surface area contributed by atoms with Crippen molar-refractivity contribution in [2.24, 2.45) is 5.92 Å². The highest BCUT2D eigenvalue weighted by atomic mass is 16.2. The topological polar surface area (TPSA) is 53.7 Å². The second kappa shape index (κ2) is 7.17. The molecule has 0 radical (unpaired) electrons. The third-order valence-electron chi connectivity index (χ3n) is 6.20. The standard InChI is InChI=1S/C23H27N5O/c1-16-13-22(28-21(24-16)12-17(2)25-28)26-10-5-8-20(15-26)23(29)27-11-9-18-6-3-4-7-19(18)14-27/h3-4,6-7,12-13,20H,5,8-11,14-15H2,1-2H3. The van der Waals surface area contributed by atoms with Gasteiger partial charge in [-0.2, -0.15) is 9.61 Å². The molecule has 0 bridgehead atoms. The van der Waals surface area contributed by atoms with Gasteiger partial charge in [-0.25, -0.2) is 4.98 Å². The van der Waals surface area contributed by atoms with Crippen LogP contribution in [0.2, 0.25) is 0 Å². The molecule has 2 aliphatic heterocycles. The number of piperidine rings is 1. The number of benzene rings is 1. The molecular weight excluding hydrogens is 362 g/mol. The normalized spacial score (nSPS) is 19.4. The average Bonchev–Trinajstić information content (AvgIpc) is 3.12. The number of amides is 1. The lowest BCUT2D eigenvalue weighted by Gasteiger charge is -2.37. The number of aromatic nitrogens is 3. The molecule has 1 amide bonds. The molecule has 1 aromatic carbocycles. The molecule has 5 rings (SSSR count). The van der Waals surface area contributed by atoms with E-state index in [0.717, 1.165) is 68.3 Å². The number of rotatable bonds is 2. The Balaban J connectivity index is 1.37. The number of carbonyl (C=O) groups is 1. The fourth-order valence-corrected chi connectivity index (χ4v) is 4.75. The van der Waals surface area contributed by atoms with E-state index in [9.17, 15) is 4.79 Å². The highest BCUT2D eigenvalue weighted by Crippen LogP contribution is 2.27. The lowest BCUT2D eigenvalue weighted by molar-refractivity contribution is -0.136. The van der Waals surface area contributed by atoms with E-state index >= 15 is 0 Å². The Morgan fingerprint density at radius 2 is 1.90 bits per heavy atom. The molecule has 2 aromatic heterocycles. The zero-order chi connectivity index (χ0) is 20.0. The summed E-state index contributed by atoms with van der Waals surface area (Å²) in [6.07, 6.45) is 2.93. The van der Waals surface area contributed by atoms with E-state index in [1.54, 1.807) is 0 Å². The maximum Gasteiger partial charge on any atom is 0.227 e. The maximum absolute atomic E-state index is 13.3. The van der Waals surface area contributed by atoms with Gasteiger partial charge in [-0.3, -0.25) is 4.79 Å². The minimum atomic E-state index is 0.0363. The molecule has 0 N–H and O–H groups in total. The number of aryl methyl sites for hydroxylation is 2. The van der Waals surface area contributed by atoms with Crippen molar-refractivity contribution in [2.45, 2.75) is 39.7 Å². The summed E-state index contributed by atoms with van der Waals surface area (Å²) in [5, 5.41) is 4.63. The molecule has 0 aliphatic carbocycles. The zero-order valence-electron chi connectivity index (χ0n) is 17.1. The van der Waals surface area contributed by atoms with Gasteiger partial charge in [0.2, 0.25) is 5.91 Å². The van der Waals surface area contributed by atoms with Gasteiger partial charge in [0, 0.05) is 44.0 Å². The summed E-state index contributed by atoms with van der Waals surface area (Å²) in [6, 6.07) is 12.6. The van der Waals surface area contributed by atoms with Crippen molar-refractivity contribution in [1.82, 2.24) is 19.5 Å². The molecule has 4 heterocycles. The van der Waals surface area contributed by atoms with Crippen LogP contribution in [0.15, 0.2) is 36.4 Å². The monoisotopic (exact) mass is 389 g/mol. The Morgan fingerprint density at radius 3 is 2.76 bits per heavy atom. The number of hydrogen-bond donors (Lipinski definition) is 0. The molecule has 29 heavy (non-hydrogen) atoms. The number of anilines is 1. The van der Waals surface area contributed by atoms with E-state index in [2.05, 4.69) is 50.2 Å². The lowest BCUT2D eigenvalue weighted by Crippen LogP contribution is -2.46. The Kier molecular flexibility index (Phi) is 4.49. The first-order chi connectivity index (χ1) is 14.1. The number of nitrogens with zero attached hydrogens (tertiary/aromatic N) is 5. The molecule has 0 saturated carbocycles. The van der Waals surface area contributed by atoms with Crippen molar-refractivity contribution < 1.29 is 4.79 Å². The Morgan fingerprint density at radius 1 is 1.07 bits per heavy atom. The van der Waals surface area contributed by atoms with Crippen LogP contribution < -0.4 is 4.90 Å².